The van der Waals surface area contributed by atoms with E-state index in [0.29, 0.717) is 6.42 Å². The Labute approximate surface area is 177 Å². The van der Waals surface area contributed by atoms with Gasteiger partial charge in [0.15, 0.2) is 0 Å². The fourth-order valence-corrected chi connectivity index (χ4v) is 2.87. The van der Waals surface area contributed by atoms with Crippen LogP contribution in [-0.4, -0.2) is 15.8 Å². The zero-order valence-corrected chi connectivity index (χ0v) is 19.0. The maximum absolute atomic E-state index is 11.1. The summed E-state index contributed by atoms with van der Waals surface area (Å²) >= 11 is 0. The van der Waals surface area contributed by atoms with Crippen LogP contribution in [0.25, 0.3) is 0 Å². The van der Waals surface area contributed by atoms with Crippen LogP contribution in [0.15, 0.2) is 12.2 Å². The van der Waals surface area contributed by atoms with Crippen LogP contribution in [0.1, 0.15) is 98.2 Å². The molecule has 0 bridgehead atoms. The smallest absolute Gasteiger partial charge is 1.00 e. The van der Waals surface area contributed by atoms with Gasteiger partial charge in [-0.25, -0.2) is 4.57 Å². The van der Waals surface area contributed by atoms with Gasteiger partial charge >= 0.3 is 43.3 Å². The van der Waals surface area contributed by atoms with E-state index in [9.17, 15) is 9.36 Å². The van der Waals surface area contributed by atoms with Crippen LogP contribution in [-0.2, 0) is 13.9 Å². The molecule has 7 heteroatoms. The predicted octanol–water partition coefficient (Wildman–Crippen LogP) is 2.78. The van der Waals surface area contributed by atoms with Gasteiger partial charge in [-0.05, 0) is 32.1 Å². The summed E-state index contributed by atoms with van der Waals surface area (Å²) < 4.78 is 14.4. The van der Waals surface area contributed by atoms with Crippen molar-refractivity contribution in [3.63, 3.8) is 0 Å². The molecule has 0 saturated heterocycles. The topological polar surface area (TPSA) is 83.8 Å². The van der Waals surface area contributed by atoms with Crippen molar-refractivity contribution in [2.24, 2.45) is 0 Å². The Morgan fingerprint density at radius 3 is 1.80 bits per heavy atom. The number of carbonyl (C=O) groups is 1. The average molecular weight is 386 g/mol. The molecule has 0 saturated carbocycles. The number of hydrogen-bond acceptors (Lipinski definition) is 3. The summed E-state index contributed by atoms with van der Waals surface area (Å²) in [4.78, 5) is 28.0. The van der Waals surface area contributed by atoms with Gasteiger partial charge in [0.2, 0.25) is 0 Å². The van der Waals surface area contributed by atoms with Gasteiger partial charge in [-0.15, -0.1) is 0 Å². The third-order valence-corrected chi connectivity index (χ3v) is 4.30. The van der Waals surface area contributed by atoms with Crippen LogP contribution in [0.5, 0.6) is 0 Å². The third-order valence-electron chi connectivity index (χ3n) is 3.86. The molecule has 0 aromatic carbocycles. The summed E-state index contributed by atoms with van der Waals surface area (Å²) in [7, 11) is -4.67. The van der Waals surface area contributed by atoms with Crippen molar-refractivity contribution < 1.29 is 54.7 Å². The number of carbonyl (C=O) groups excluding carboxylic acids is 1. The molecule has 25 heavy (non-hydrogen) atoms. The van der Waals surface area contributed by atoms with Gasteiger partial charge in [0, 0.05) is 6.42 Å². The Morgan fingerprint density at radius 1 is 0.880 bits per heavy atom. The molecule has 0 rings (SSSR count). The maximum Gasteiger partial charge on any atom is 1.00 e. The Hall–Kier alpha value is 0.360. The van der Waals surface area contributed by atoms with E-state index in [1.807, 2.05) is 0 Å². The molecule has 144 valence electrons. The van der Waals surface area contributed by atoms with Gasteiger partial charge in [0.1, 0.15) is 0 Å². The minimum absolute atomic E-state index is 0. The number of hydrogen-bond donors (Lipinski definition) is 2. The normalized spacial score (nSPS) is 11.5. The monoisotopic (exact) mass is 386 g/mol. The Balaban J connectivity index is -0.00000264. The number of unbranched alkanes of at least 4 members (excludes halogenated alkanes) is 11. The Morgan fingerprint density at radius 2 is 1.32 bits per heavy atom. The molecule has 0 spiro atoms. The summed E-state index contributed by atoms with van der Waals surface area (Å²) in [5.74, 6) is -0.819. The Bertz CT molecular complexity index is 388. The predicted molar refractivity (Wildman–Crippen MR) is 98.7 cm³/mol. The van der Waals surface area contributed by atoms with Gasteiger partial charge in [-0.3, -0.25) is 14.6 Å². The molecule has 0 aromatic rings. The van der Waals surface area contributed by atoms with Gasteiger partial charge in [-0.2, -0.15) is 0 Å². The van der Waals surface area contributed by atoms with E-state index in [1.165, 1.54) is 44.9 Å². The molecule has 0 amide bonds. The second-order valence-corrected chi connectivity index (χ2v) is 7.45. The van der Waals surface area contributed by atoms with Crippen molar-refractivity contribution in [3.8, 4) is 0 Å². The van der Waals surface area contributed by atoms with Gasteiger partial charge < -0.3 is 5.95 Å². The molecule has 0 radical (unpaired) electrons. The summed E-state index contributed by atoms with van der Waals surface area (Å²) in [6, 6.07) is 0. The molecular formula is C18H36NaO5P. The van der Waals surface area contributed by atoms with E-state index in [2.05, 4.69) is 23.6 Å². The minimum Gasteiger partial charge on any atom is -1.00 e. The molecule has 0 atom stereocenters. The first kappa shape index (κ1) is 27.6. The van der Waals surface area contributed by atoms with Crippen molar-refractivity contribution >= 4 is 13.8 Å². The first-order valence-electron chi connectivity index (χ1n) is 9.38. The zero-order valence-electron chi connectivity index (χ0n) is 17.1. The molecule has 0 fully saturated rings. The van der Waals surface area contributed by atoms with Crippen molar-refractivity contribution in [1.29, 1.82) is 0 Å². The summed E-state index contributed by atoms with van der Waals surface area (Å²) in [6.45, 7) is 2.24. The summed E-state index contributed by atoms with van der Waals surface area (Å²) in [6.07, 6.45) is 19.8. The van der Waals surface area contributed by atoms with Gasteiger partial charge in [0.25, 0.3) is 0 Å². The van der Waals surface area contributed by atoms with Crippen LogP contribution in [0, 0.1) is 0 Å². The molecule has 0 heterocycles. The fourth-order valence-electron chi connectivity index (χ4n) is 2.52. The van der Waals surface area contributed by atoms with Crippen LogP contribution in [0.4, 0.5) is 0 Å². The number of phosphoric acid groups is 1. The first-order valence-corrected chi connectivity index (χ1v) is 10.9. The summed E-state index contributed by atoms with van der Waals surface area (Å²) in [5, 5.41) is 0. The van der Waals surface area contributed by atoms with Crippen LogP contribution < -0.4 is 29.6 Å². The van der Waals surface area contributed by atoms with Crippen molar-refractivity contribution in [1.82, 2.24) is 0 Å². The second kappa shape index (κ2) is 19.1. The molecular weight excluding hydrogens is 350 g/mol. The molecule has 0 aromatic heterocycles. The molecule has 0 aliphatic heterocycles. The largest absolute Gasteiger partial charge is 1.00 e. The Kier molecular flexibility index (Phi) is 21.1. The van der Waals surface area contributed by atoms with E-state index in [4.69, 9.17) is 9.79 Å². The van der Waals surface area contributed by atoms with Crippen molar-refractivity contribution in [3.05, 3.63) is 12.2 Å². The molecule has 5 nitrogen and oxygen atoms in total. The number of phosphoric ester groups is 1. The van der Waals surface area contributed by atoms with Crippen molar-refractivity contribution in [2.75, 3.05) is 0 Å². The van der Waals surface area contributed by atoms with E-state index in [0.717, 1.165) is 32.1 Å². The second-order valence-electron chi connectivity index (χ2n) is 6.29. The van der Waals surface area contributed by atoms with Crippen molar-refractivity contribution in [2.45, 2.75) is 96.8 Å². The van der Waals surface area contributed by atoms with E-state index in [-0.39, 0.29) is 37.4 Å². The number of rotatable bonds is 16. The van der Waals surface area contributed by atoms with Gasteiger partial charge in [0.05, 0.1) is 0 Å². The van der Waals surface area contributed by atoms with E-state index in [1.54, 1.807) is 0 Å². The zero-order chi connectivity index (χ0) is 18.1. The first-order chi connectivity index (χ1) is 11.5. The molecule has 0 aliphatic carbocycles. The van der Waals surface area contributed by atoms with Gasteiger partial charge in [-0.1, -0.05) is 70.4 Å². The molecule has 0 aliphatic rings. The summed E-state index contributed by atoms with van der Waals surface area (Å²) in [5.41, 5.74) is 0. The molecule has 2 N–H and O–H groups in total. The van der Waals surface area contributed by atoms with E-state index >= 15 is 0 Å². The third kappa shape index (κ3) is 24.4. The van der Waals surface area contributed by atoms with Crippen LogP contribution in [0.2, 0.25) is 0 Å². The number of allylic oxidation sites excluding steroid dienone is 2. The fraction of sp³-hybridized carbons (Fsp3) is 0.833. The van der Waals surface area contributed by atoms with Crippen LogP contribution >= 0.6 is 7.82 Å². The average Bonchev–Trinajstić information content (AvgIpc) is 2.49. The van der Waals surface area contributed by atoms with Crippen LogP contribution in [0.3, 0.4) is 0 Å². The standard InChI is InChI=1S/C18H35O5P.Na.H/c1-2-3-4-5-6-7-8-9-10-11-12-13-14-15-16-17-18(19)23-24(20,21)22;;/h9-10H,2-8,11-17H2,1H3,(H2,20,21,22);;/q;+1;-1. The van der Waals surface area contributed by atoms with E-state index < -0.39 is 13.8 Å². The quantitative estimate of drug-likeness (QED) is 0.184. The SMILES string of the molecule is CCCCCCCCC=CCCCCCCCC(=O)OP(=O)(O)O.[H-].[Na+]. The molecule has 0 unspecified atom stereocenters. The maximum atomic E-state index is 11.1. The minimum atomic E-state index is -4.67.